The number of phenolic OH excluding ortho intramolecular Hbond substituents is 1. The summed E-state index contributed by atoms with van der Waals surface area (Å²) in [6.07, 6.45) is 1.45. The molecule has 0 saturated heterocycles. The van der Waals surface area contributed by atoms with Gasteiger partial charge in [0.2, 0.25) is 5.95 Å². The second-order valence-corrected chi connectivity index (χ2v) is 6.81. The topological polar surface area (TPSA) is 106 Å². The minimum absolute atomic E-state index is 0.0965. The van der Waals surface area contributed by atoms with Crippen LogP contribution in [0.15, 0.2) is 69.3 Å². The van der Waals surface area contributed by atoms with Gasteiger partial charge in [-0.1, -0.05) is 42.5 Å². The minimum atomic E-state index is -0.446. The number of phenols is 1. The zero-order valence-electron chi connectivity index (χ0n) is 16.5. The Morgan fingerprint density at radius 3 is 2.47 bits per heavy atom. The molecule has 2 aromatic heterocycles. The summed E-state index contributed by atoms with van der Waals surface area (Å²) in [4.78, 5) is 30.2. The van der Waals surface area contributed by atoms with Crippen LogP contribution in [0.5, 0.6) is 5.75 Å². The van der Waals surface area contributed by atoms with Gasteiger partial charge in [0.1, 0.15) is 5.75 Å². The fourth-order valence-corrected chi connectivity index (χ4v) is 3.21. The van der Waals surface area contributed by atoms with Crippen molar-refractivity contribution in [2.75, 3.05) is 5.43 Å². The van der Waals surface area contributed by atoms with Crippen LogP contribution in [0, 0.1) is 0 Å². The van der Waals surface area contributed by atoms with Crippen LogP contribution < -0.4 is 16.7 Å². The molecule has 0 atom stereocenters. The van der Waals surface area contributed by atoms with E-state index in [4.69, 9.17) is 0 Å². The molecule has 0 fully saturated rings. The smallest absolute Gasteiger partial charge is 0.332 e. The number of anilines is 1. The zero-order chi connectivity index (χ0) is 21.3. The molecule has 0 amide bonds. The summed E-state index contributed by atoms with van der Waals surface area (Å²) in [5.74, 6) is 0.389. The molecule has 0 aliphatic heterocycles. The Labute approximate surface area is 171 Å². The molecule has 0 saturated carbocycles. The number of para-hydroxylation sites is 1. The van der Waals surface area contributed by atoms with Gasteiger partial charge in [0, 0.05) is 19.7 Å². The first-order valence-electron chi connectivity index (χ1n) is 9.24. The summed E-state index contributed by atoms with van der Waals surface area (Å²) in [5.41, 5.74) is 3.82. The lowest BCUT2D eigenvalue weighted by Crippen LogP contribution is -2.39. The van der Waals surface area contributed by atoms with Crippen molar-refractivity contribution in [2.45, 2.75) is 6.54 Å². The van der Waals surface area contributed by atoms with E-state index in [1.165, 1.54) is 15.3 Å². The summed E-state index contributed by atoms with van der Waals surface area (Å²) >= 11 is 0. The van der Waals surface area contributed by atoms with Gasteiger partial charge in [0.25, 0.3) is 5.56 Å². The highest BCUT2D eigenvalue weighted by atomic mass is 16.3. The molecule has 2 aromatic carbocycles. The first kappa shape index (κ1) is 19.2. The monoisotopic (exact) mass is 404 g/mol. The fraction of sp³-hybridized carbons (Fsp3) is 0.143. The van der Waals surface area contributed by atoms with Gasteiger partial charge < -0.3 is 9.67 Å². The molecule has 9 nitrogen and oxygen atoms in total. The van der Waals surface area contributed by atoms with Gasteiger partial charge in [-0.3, -0.25) is 13.9 Å². The lowest BCUT2D eigenvalue weighted by atomic mass is 10.2. The van der Waals surface area contributed by atoms with Crippen molar-refractivity contribution >= 4 is 23.3 Å². The molecule has 0 radical (unpaired) electrons. The van der Waals surface area contributed by atoms with Crippen molar-refractivity contribution in [3.63, 3.8) is 0 Å². The van der Waals surface area contributed by atoms with E-state index < -0.39 is 11.2 Å². The molecule has 152 valence electrons. The maximum absolute atomic E-state index is 13.1. The number of rotatable bonds is 5. The number of aromatic hydroxyl groups is 1. The van der Waals surface area contributed by atoms with Crippen LogP contribution in [0.25, 0.3) is 11.2 Å². The lowest BCUT2D eigenvalue weighted by molar-refractivity contribution is 0.474. The van der Waals surface area contributed by atoms with Crippen molar-refractivity contribution in [2.24, 2.45) is 19.2 Å². The second-order valence-electron chi connectivity index (χ2n) is 6.81. The molecule has 30 heavy (non-hydrogen) atoms. The SMILES string of the molecule is Cn1c(NN=Cc2ccccc2O)nc2c1c(=O)n(Cc1ccccc1)c(=O)n2C. The number of hydrogen-bond donors (Lipinski definition) is 2. The average Bonchev–Trinajstić information content (AvgIpc) is 3.08. The molecular formula is C21H20N6O3. The van der Waals surface area contributed by atoms with Crippen LogP contribution in [0.3, 0.4) is 0 Å². The molecule has 0 aliphatic rings. The number of hydrogen-bond acceptors (Lipinski definition) is 6. The number of aryl methyl sites for hydroxylation is 2. The normalized spacial score (nSPS) is 11.4. The van der Waals surface area contributed by atoms with Crippen molar-refractivity contribution in [1.29, 1.82) is 0 Å². The summed E-state index contributed by atoms with van der Waals surface area (Å²) < 4.78 is 4.09. The number of aromatic nitrogens is 4. The average molecular weight is 404 g/mol. The largest absolute Gasteiger partial charge is 0.507 e. The Balaban J connectivity index is 1.74. The van der Waals surface area contributed by atoms with E-state index in [1.54, 1.807) is 42.9 Å². The Morgan fingerprint density at radius 1 is 1.03 bits per heavy atom. The van der Waals surface area contributed by atoms with Crippen molar-refractivity contribution in [3.05, 3.63) is 86.6 Å². The predicted molar refractivity (Wildman–Crippen MR) is 115 cm³/mol. The Kier molecular flexibility index (Phi) is 4.93. The Morgan fingerprint density at radius 2 is 1.73 bits per heavy atom. The van der Waals surface area contributed by atoms with Crippen LogP contribution in [0.4, 0.5) is 5.95 Å². The Hall–Kier alpha value is -4.14. The first-order valence-corrected chi connectivity index (χ1v) is 9.24. The van der Waals surface area contributed by atoms with Crippen molar-refractivity contribution in [3.8, 4) is 5.75 Å². The van der Waals surface area contributed by atoms with Gasteiger partial charge in [0.05, 0.1) is 12.8 Å². The molecular weight excluding hydrogens is 384 g/mol. The minimum Gasteiger partial charge on any atom is -0.507 e. The highest BCUT2D eigenvalue weighted by Gasteiger charge is 2.18. The standard InChI is InChI=1S/C21H20N6O3/c1-25-17-18(23-20(25)24-22-12-15-10-6-7-11-16(15)28)26(2)21(30)27(19(17)29)13-14-8-4-3-5-9-14/h3-12,28H,13H2,1-2H3,(H,23,24). The molecule has 2 heterocycles. The van der Waals surface area contributed by atoms with Crippen LogP contribution in [0.2, 0.25) is 0 Å². The van der Waals surface area contributed by atoms with Crippen molar-refractivity contribution < 1.29 is 5.11 Å². The second kappa shape index (κ2) is 7.70. The molecule has 2 N–H and O–H groups in total. The van der Waals surface area contributed by atoms with Gasteiger partial charge in [-0.15, -0.1) is 0 Å². The molecule has 4 aromatic rings. The van der Waals surface area contributed by atoms with Gasteiger partial charge in [-0.25, -0.2) is 10.2 Å². The van der Waals surface area contributed by atoms with Gasteiger partial charge in [0.15, 0.2) is 11.2 Å². The Bertz CT molecular complexity index is 1370. The fourth-order valence-electron chi connectivity index (χ4n) is 3.21. The van der Waals surface area contributed by atoms with Gasteiger partial charge >= 0.3 is 5.69 Å². The first-order chi connectivity index (χ1) is 14.5. The van der Waals surface area contributed by atoms with E-state index in [0.29, 0.717) is 11.5 Å². The van der Waals surface area contributed by atoms with E-state index in [-0.39, 0.29) is 23.5 Å². The van der Waals surface area contributed by atoms with Crippen LogP contribution in [-0.4, -0.2) is 30.0 Å². The van der Waals surface area contributed by atoms with Crippen molar-refractivity contribution in [1.82, 2.24) is 18.7 Å². The molecule has 4 rings (SSSR count). The van der Waals surface area contributed by atoms with E-state index in [9.17, 15) is 14.7 Å². The van der Waals surface area contributed by atoms with E-state index in [1.807, 2.05) is 30.3 Å². The van der Waals surface area contributed by atoms with E-state index in [0.717, 1.165) is 5.56 Å². The highest BCUT2D eigenvalue weighted by molar-refractivity contribution is 5.83. The highest BCUT2D eigenvalue weighted by Crippen LogP contribution is 2.15. The third kappa shape index (κ3) is 3.37. The molecule has 0 aliphatic carbocycles. The molecule has 0 bridgehead atoms. The van der Waals surface area contributed by atoms with E-state index >= 15 is 0 Å². The maximum atomic E-state index is 13.1. The number of nitrogens with zero attached hydrogens (tertiary/aromatic N) is 5. The predicted octanol–water partition coefficient (Wildman–Crippen LogP) is 1.63. The van der Waals surface area contributed by atoms with Gasteiger partial charge in [-0.2, -0.15) is 10.1 Å². The third-order valence-corrected chi connectivity index (χ3v) is 4.85. The molecule has 9 heteroatoms. The van der Waals surface area contributed by atoms with Crippen LogP contribution in [-0.2, 0) is 20.6 Å². The summed E-state index contributed by atoms with van der Waals surface area (Å²) in [7, 11) is 3.25. The quantitative estimate of drug-likeness (QED) is 0.388. The number of nitrogens with one attached hydrogen (secondary N) is 1. The number of hydrazone groups is 1. The summed E-state index contributed by atoms with van der Waals surface area (Å²) in [6, 6.07) is 16.1. The number of imidazole rings is 1. The molecule has 0 spiro atoms. The van der Waals surface area contributed by atoms with Crippen LogP contribution in [0.1, 0.15) is 11.1 Å². The molecule has 0 unspecified atom stereocenters. The van der Waals surface area contributed by atoms with E-state index in [2.05, 4.69) is 15.5 Å². The maximum Gasteiger partial charge on any atom is 0.332 e. The number of fused-ring (bicyclic) bond motifs is 1. The summed E-state index contributed by atoms with van der Waals surface area (Å²) in [6.45, 7) is 0.168. The van der Waals surface area contributed by atoms with Gasteiger partial charge in [-0.05, 0) is 17.7 Å². The lowest BCUT2D eigenvalue weighted by Gasteiger charge is -2.08. The van der Waals surface area contributed by atoms with Crippen LogP contribution >= 0.6 is 0 Å². The number of benzene rings is 2. The summed E-state index contributed by atoms with van der Waals surface area (Å²) in [5, 5.41) is 13.9. The zero-order valence-corrected chi connectivity index (χ0v) is 16.5. The third-order valence-electron chi connectivity index (χ3n) is 4.85.